The van der Waals surface area contributed by atoms with Crippen molar-refractivity contribution in [3.63, 3.8) is 0 Å². The standard InChI is InChI=1S/C9H18O2S/c1-2-3-4-5-6-8(7-12)9(10)11/h8,12H,2-7H2,1H3,(H,10,11). The number of unbranched alkanes of at least 4 members (excludes halogenated alkanes) is 3. The predicted molar refractivity (Wildman–Crippen MR) is 53.7 cm³/mol. The number of thiol groups is 1. The van der Waals surface area contributed by atoms with Gasteiger partial charge in [0.1, 0.15) is 0 Å². The molecule has 0 spiro atoms. The van der Waals surface area contributed by atoms with Gasteiger partial charge < -0.3 is 5.11 Å². The summed E-state index contributed by atoms with van der Waals surface area (Å²) in [6.07, 6.45) is 5.34. The summed E-state index contributed by atoms with van der Waals surface area (Å²) < 4.78 is 0. The van der Waals surface area contributed by atoms with Crippen molar-refractivity contribution in [2.75, 3.05) is 5.75 Å². The first-order valence-electron chi connectivity index (χ1n) is 4.56. The van der Waals surface area contributed by atoms with Gasteiger partial charge in [0.25, 0.3) is 0 Å². The Hall–Kier alpha value is -0.180. The van der Waals surface area contributed by atoms with E-state index >= 15 is 0 Å². The van der Waals surface area contributed by atoms with Crippen LogP contribution in [0.2, 0.25) is 0 Å². The highest BCUT2D eigenvalue weighted by Crippen LogP contribution is 2.12. The van der Waals surface area contributed by atoms with Gasteiger partial charge in [-0.25, -0.2) is 0 Å². The van der Waals surface area contributed by atoms with Gasteiger partial charge in [-0.2, -0.15) is 12.6 Å². The molecule has 1 N–H and O–H groups in total. The molecule has 0 aliphatic carbocycles. The molecule has 3 heteroatoms. The van der Waals surface area contributed by atoms with Crippen molar-refractivity contribution in [2.24, 2.45) is 5.92 Å². The van der Waals surface area contributed by atoms with Crippen LogP contribution < -0.4 is 0 Å². The topological polar surface area (TPSA) is 37.3 Å². The summed E-state index contributed by atoms with van der Waals surface area (Å²) in [4.78, 5) is 10.5. The number of hydrogen-bond acceptors (Lipinski definition) is 2. The van der Waals surface area contributed by atoms with E-state index in [9.17, 15) is 4.79 Å². The highest BCUT2D eigenvalue weighted by Gasteiger charge is 2.13. The molecule has 0 aliphatic heterocycles. The molecule has 1 unspecified atom stereocenters. The van der Waals surface area contributed by atoms with Crippen LogP contribution >= 0.6 is 12.6 Å². The van der Waals surface area contributed by atoms with E-state index < -0.39 is 5.97 Å². The highest BCUT2D eigenvalue weighted by atomic mass is 32.1. The molecule has 0 amide bonds. The lowest BCUT2D eigenvalue weighted by atomic mass is 10.0. The van der Waals surface area contributed by atoms with Gasteiger partial charge in [-0.3, -0.25) is 4.79 Å². The Morgan fingerprint density at radius 3 is 2.50 bits per heavy atom. The van der Waals surface area contributed by atoms with Crippen molar-refractivity contribution in [2.45, 2.75) is 39.0 Å². The van der Waals surface area contributed by atoms with Crippen LogP contribution in [0, 0.1) is 5.92 Å². The highest BCUT2D eigenvalue weighted by molar-refractivity contribution is 7.80. The fraction of sp³-hybridized carbons (Fsp3) is 0.889. The maximum Gasteiger partial charge on any atom is 0.307 e. The minimum Gasteiger partial charge on any atom is -0.481 e. The van der Waals surface area contributed by atoms with Crippen molar-refractivity contribution in [1.82, 2.24) is 0 Å². The number of rotatable bonds is 7. The summed E-state index contributed by atoms with van der Waals surface area (Å²) in [6, 6.07) is 0. The number of carboxylic acid groups (broad SMARTS) is 1. The van der Waals surface area contributed by atoms with E-state index in [0.29, 0.717) is 5.75 Å². The lowest BCUT2D eigenvalue weighted by Gasteiger charge is -2.07. The molecule has 12 heavy (non-hydrogen) atoms. The van der Waals surface area contributed by atoms with Gasteiger partial charge in [0.2, 0.25) is 0 Å². The molecule has 0 fully saturated rings. The Bertz CT molecular complexity index is 126. The van der Waals surface area contributed by atoms with Gasteiger partial charge in [0.05, 0.1) is 5.92 Å². The first-order chi connectivity index (χ1) is 5.72. The second kappa shape index (κ2) is 7.47. The largest absolute Gasteiger partial charge is 0.481 e. The van der Waals surface area contributed by atoms with Gasteiger partial charge in [-0.15, -0.1) is 0 Å². The van der Waals surface area contributed by atoms with E-state index in [2.05, 4.69) is 19.6 Å². The number of aliphatic carboxylic acids is 1. The Morgan fingerprint density at radius 2 is 2.08 bits per heavy atom. The molecule has 0 aromatic carbocycles. The van der Waals surface area contributed by atoms with Crippen molar-refractivity contribution >= 4 is 18.6 Å². The zero-order valence-corrected chi connectivity index (χ0v) is 8.52. The van der Waals surface area contributed by atoms with E-state index in [1.165, 1.54) is 12.8 Å². The summed E-state index contributed by atoms with van der Waals surface area (Å²) in [5, 5.41) is 8.68. The molecule has 0 saturated carbocycles. The van der Waals surface area contributed by atoms with Crippen LogP contribution in [0.5, 0.6) is 0 Å². The molecule has 2 nitrogen and oxygen atoms in total. The first-order valence-corrected chi connectivity index (χ1v) is 5.19. The molecule has 0 radical (unpaired) electrons. The van der Waals surface area contributed by atoms with Gasteiger partial charge in [0.15, 0.2) is 0 Å². The molecular weight excluding hydrogens is 172 g/mol. The van der Waals surface area contributed by atoms with Crippen LogP contribution in [0.15, 0.2) is 0 Å². The van der Waals surface area contributed by atoms with Crippen molar-refractivity contribution in [3.8, 4) is 0 Å². The van der Waals surface area contributed by atoms with Crippen LogP contribution in [0.3, 0.4) is 0 Å². The Balaban J connectivity index is 3.38. The average Bonchev–Trinajstić information content (AvgIpc) is 2.04. The fourth-order valence-electron chi connectivity index (χ4n) is 1.11. The number of carbonyl (C=O) groups is 1. The summed E-state index contributed by atoms with van der Waals surface area (Å²) in [5.74, 6) is -0.492. The van der Waals surface area contributed by atoms with Crippen LogP contribution in [0.4, 0.5) is 0 Å². The van der Waals surface area contributed by atoms with E-state index in [-0.39, 0.29) is 5.92 Å². The predicted octanol–water partition coefficient (Wildman–Crippen LogP) is 2.59. The number of hydrogen-bond donors (Lipinski definition) is 2. The third-order valence-corrected chi connectivity index (χ3v) is 2.42. The summed E-state index contributed by atoms with van der Waals surface area (Å²) in [6.45, 7) is 2.15. The average molecular weight is 190 g/mol. The minimum absolute atomic E-state index is 0.245. The van der Waals surface area contributed by atoms with E-state index in [1.54, 1.807) is 0 Å². The minimum atomic E-state index is -0.707. The fourth-order valence-corrected chi connectivity index (χ4v) is 1.45. The molecule has 1 atom stereocenters. The second-order valence-corrected chi connectivity index (χ2v) is 3.43. The SMILES string of the molecule is CCCCCCC(CS)C(=O)O. The van der Waals surface area contributed by atoms with E-state index in [4.69, 9.17) is 5.11 Å². The first kappa shape index (κ1) is 11.8. The van der Waals surface area contributed by atoms with Gasteiger partial charge in [-0.05, 0) is 6.42 Å². The zero-order chi connectivity index (χ0) is 9.40. The molecule has 0 heterocycles. The molecule has 0 aromatic rings. The van der Waals surface area contributed by atoms with Crippen LogP contribution in [0.1, 0.15) is 39.0 Å². The lowest BCUT2D eigenvalue weighted by Crippen LogP contribution is -2.14. The maximum absolute atomic E-state index is 10.5. The smallest absolute Gasteiger partial charge is 0.307 e. The van der Waals surface area contributed by atoms with Crippen LogP contribution in [0.25, 0.3) is 0 Å². The Morgan fingerprint density at radius 1 is 1.42 bits per heavy atom. The third kappa shape index (κ3) is 5.47. The summed E-state index contributed by atoms with van der Waals surface area (Å²) in [7, 11) is 0. The Kier molecular flexibility index (Phi) is 7.36. The number of carboxylic acids is 1. The third-order valence-electron chi connectivity index (χ3n) is 1.98. The molecule has 72 valence electrons. The van der Waals surface area contributed by atoms with Gasteiger partial charge in [0, 0.05) is 5.75 Å². The van der Waals surface area contributed by atoms with Gasteiger partial charge >= 0.3 is 5.97 Å². The quantitative estimate of drug-likeness (QED) is 0.478. The molecule has 0 saturated heterocycles. The summed E-state index contributed by atoms with van der Waals surface area (Å²) in [5.41, 5.74) is 0. The monoisotopic (exact) mass is 190 g/mol. The molecule has 0 aromatic heterocycles. The van der Waals surface area contributed by atoms with E-state index in [1.807, 2.05) is 0 Å². The normalized spacial score (nSPS) is 12.8. The van der Waals surface area contributed by atoms with Crippen LogP contribution in [-0.4, -0.2) is 16.8 Å². The maximum atomic E-state index is 10.5. The van der Waals surface area contributed by atoms with E-state index in [0.717, 1.165) is 19.3 Å². The van der Waals surface area contributed by atoms with Crippen molar-refractivity contribution in [1.29, 1.82) is 0 Å². The molecular formula is C9H18O2S. The molecule has 0 bridgehead atoms. The van der Waals surface area contributed by atoms with Crippen LogP contribution in [-0.2, 0) is 4.79 Å². The second-order valence-electron chi connectivity index (χ2n) is 3.07. The zero-order valence-electron chi connectivity index (χ0n) is 7.62. The summed E-state index contributed by atoms with van der Waals surface area (Å²) >= 11 is 4.00. The molecule has 0 aliphatic rings. The molecule has 0 rings (SSSR count). The lowest BCUT2D eigenvalue weighted by molar-refractivity contribution is -0.141. The van der Waals surface area contributed by atoms with Gasteiger partial charge in [-0.1, -0.05) is 32.6 Å². The Labute approximate surface area is 79.8 Å². The van der Waals surface area contributed by atoms with Crippen molar-refractivity contribution < 1.29 is 9.90 Å². The van der Waals surface area contributed by atoms with Crippen molar-refractivity contribution in [3.05, 3.63) is 0 Å².